The van der Waals surface area contributed by atoms with Gasteiger partial charge in [0.25, 0.3) is 0 Å². The molecule has 0 bridgehead atoms. The molecule has 76 valence electrons. The Balaban J connectivity index is 2.89. The molecule has 2 rings (SSSR count). The molecule has 0 aliphatic rings. The fourth-order valence-corrected chi connectivity index (χ4v) is 1.39. The molecule has 0 saturated carbocycles. The maximum atomic E-state index is 12.9. The molecule has 0 amide bonds. The maximum Gasteiger partial charge on any atom is 0.204 e. The topological polar surface area (TPSA) is 50.4 Å². The van der Waals surface area contributed by atoms with E-state index in [9.17, 15) is 9.18 Å². The van der Waals surface area contributed by atoms with Gasteiger partial charge in [-0.05, 0) is 30.4 Å². The number of benzene rings is 1. The second-order valence-corrected chi connectivity index (χ2v) is 3.31. The van der Waals surface area contributed by atoms with Crippen LogP contribution in [0.15, 0.2) is 33.7 Å². The summed E-state index contributed by atoms with van der Waals surface area (Å²) < 4.78 is 17.9. The molecule has 1 aromatic heterocycles. The molecule has 1 N–H and O–H groups in total. The van der Waals surface area contributed by atoms with Gasteiger partial charge in [-0.25, -0.2) is 4.39 Å². The van der Waals surface area contributed by atoms with Crippen LogP contribution < -0.4 is 5.43 Å². The van der Waals surface area contributed by atoms with E-state index >= 15 is 0 Å². The Hall–Kier alpha value is -1.75. The second-order valence-electron chi connectivity index (χ2n) is 2.92. The Morgan fingerprint density at radius 2 is 2.20 bits per heavy atom. The molecule has 5 heteroatoms. The molecule has 15 heavy (non-hydrogen) atoms. The van der Waals surface area contributed by atoms with Crippen LogP contribution in [0.4, 0.5) is 4.39 Å². The predicted octanol–water partition coefficient (Wildman–Crippen LogP) is 2.17. The lowest BCUT2D eigenvalue weighted by atomic mass is 10.2. The predicted molar refractivity (Wildman–Crippen MR) is 56.8 cm³/mol. The number of aliphatic hydroxyl groups excluding tert-OH is 1. The zero-order valence-electron chi connectivity index (χ0n) is 7.36. The van der Waals surface area contributed by atoms with Crippen LogP contribution in [0.3, 0.4) is 0 Å². The van der Waals surface area contributed by atoms with Gasteiger partial charge in [0.2, 0.25) is 5.43 Å². The molecule has 0 spiro atoms. The Labute approximate surface area is 88.8 Å². The third kappa shape index (κ3) is 1.61. The first-order valence-electron chi connectivity index (χ1n) is 4.04. The molecule has 0 aliphatic carbocycles. The molecule has 0 unspecified atom stereocenters. The average molecular weight is 224 g/mol. The minimum absolute atomic E-state index is 0.0592. The molecule has 0 radical (unpaired) electrons. The largest absolute Gasteiger partial charge is 0.498 e. The highest BCUT2D eigenvalue weighted by molar-refractivity contribution is 7.80. The monoisotopic (exact) mass is 224 g/mol. The highest BCUT2D eigenvalue weighted by atomic mass is 32.1. The zero-order valence-corrected chi connectivity index (χ0v) is 8.18. The van der Waals surface area contributed by atoms with Gasteiger partial charge in [0.05, 0.1) is 5.39 Å². The molecule has 0 aliphatic heterocycles. The summed E-state index contributed by atoms with van der Waals surface area (Å²) in [4.78, 5) is 11.6. The standard InChI is InChI=1S/C10H5FO3S/c11-5-1-2-8-6(3-5)9(12)7(4-14-8)10(13)15/h1-4H,(H,13,15). The van der Waals surface area contributed by atoms with Crippen molar-refractivity contribution in [1.29, 1.82) is 0 Å². The van der Waals surface area contributed by atoms with Crippen LogP contribution in [0.5, 0.6) is 0 Å². The molecule has 0 atom stereocenters. The summed E-state index contributed by atoms with van der Waals surface area (Å²) in [6, 6.07) is 3.57. The van der Waals surface area contributed by atoms with Gasteiger partial charge in [0.1, 0.15) is 23.2 Å². The van der Waals surface area contributed by atoms with Crippen molar-refractivity contribution in [3.63, 3.8) is 0 Å². The summed E-state index contributed by atoms with van der Waals surface area (Å²) in [7, 11) is 0. The lowest BCUT2D eigenvalue weighted by molar-refractivity contribution is 0.557. The number of rotatable bonds is 1. The Bertz CT molecular complexity index is 603. The SMILES string of the molecule is O=c1c(C(O)=S)coc2ccc(F)cc12. The lowest BCUT2D eigenvalue weighted by Crippen LogP contribution is -2.13. The summed E-state index contributed by atoms with van der Waals surface area (Å²) in [5, 5.41) is 8.51. The minimum Gasteiger partial charge on any atom is -0.498 e. The van der Waals surface area contributed by atoms with Crippen molar-refractivity contribution < 1.29 is 13.9 Å². The fraction of sp³-hybridized carbons (Fsp3) is 0. The number of hydrogen-bond acceptors (Lipinski definition) is 3. The van der Waals surface area contributed by atoms with Gasteiger partial charge >= 0.3 is 0 Å². The van der Waals surface area contributed by atoms with E-state index in [2.05, 4.69) is 12.2 Å². The van der Waals surface area contributed by atoms with Crippen LogP contribution in [0.2, 0.25) is 0 Å². The number of thiocarbonyl (C=S) groups is 1. The van der Waals surface area contributed by atoms with Crippen LogP contribution in [-0.4, -0.2) is 10.2 Å². The van der Waals surface area contributed by atoms with Crippen molar-refractivity contribution in [3.8, 4) is 0 Å². The van der Waals surface area contributed by atoms with Gasteiger partial charge in [-0.1, -0.05) is 0 Å². The Morgan fingerprint density at radius 1 is 1.47 bits per heavy atom. The van der Waals surface area contributed by atoms with Crippen molar-refractivity contribution >= 4 is 28.2 Å². The van der Waals surface area contributed by atoms with Crippen LogP contribution in [0.1, 0.15) is 5.56 Å². The first-order valence-corrected chi connectivity index (χ1v) is 4.45. The van der Waals surface area contributed by atoms with E-state index in [0.717, 1.165) is 12.3 Å². The third-order valence-corrected chi connectivity index (χ3v) is 2.18. The zero-order chi connectivity index (χ0) is 11.0. The first-order chi connectivity index (χ1) is 7.09. The van der Waals surface area contributed by atoms with E-state index in [0.29, 0.717) is 0 Å². The number of aliphatic hydroxyl groups is 1. The molecule has 1 aromatic carbocycles. The molecule has 2 aromatic rings. The Kier molecular flexibility index (Phi) is 2.24. The first kappa shape index (κ1) is 9.79. The van der Waals surface area contributed by atoms with Gasteiger partial charge in [-0.15, -0.1) is 0 Å². The highest BCUT2D eigenvalue weighted by Crippen LogP contribution is 2.12. The molecule has 0 fully saturated rings. The number of halogens is 1. The van der Waals surface area contributed by atoms with Crippen LogP contribution in [-0.2, 0) is 0 Å². The summed E-state index contributed by atoms with van der Waals surface area (Å²) in [5.74, 6) is -0.546. The van der Waals surface area contributed by atoms with Crippen molar-refractivity contribution in [2.75, 3.05) is 0 Å². The normalized spacial score (nSPS) is 10.5. The van der Waals surface area contributed by atoms with Crippen LogP contribution in [0.25, 0.3) is 11.0 Å². The number of fused-ring (bicyclic) bond motifs is 1. The van der Waals surface area contributed by atoms with E-state index in [-0.39, 0.29) is 16.5 Å². The van der Waals surface area contributed by atoms with Crippen molar-refractivity contribution in [2.24, 2.45) is 0 Å². The highest BCUT2D eigenvalue weighted by Gasteiger charge is 2.10. The number of hydrogen-bond donors (Lipinski definition) is 1. The molecule has 1 heterocycles. The molecular formula is C10H5FO3S. The fourth-order valence-electron chi connectivity index (χ4n) is 1.25. The third-order valence-electron chi connectivity index (χ3n) is 1.97. The van der Waals surface area contributed by atoms with E-state index in [1.807, 2.05) is 0 Å². The minimum atomic E-state index is -0.560. The smallest absolute Gasteiger partial charge is 0.204 e. The maximum absolute atomic E-state index is 12.9. The summed E-state index contributed by atoms with van der Waals surface area (Å²) in [6.45, 7) is 0. The lowest BCUT2D eigenvalue weighted by Gasteiger charge is -1.99. The quantitative estimate of drug-likeness (QED) is 0.754. The summed E-state index contributed by atoms with van der Waals surface area (Å²) in [6.07, 6.45) is 1.06. The summed E-state index contributed by atoms with van der Waals surface area (Å²) >= 11 is 4.45. The average Bonchev–Trinajstić information content (AvgIpc) is 2.19. The van der Waals surface area contributed by atoms with Crippen molar-refractivity contribution in [1.82, 2.24) is 0 Å². The summed E-state index contributed by atoms with van der Waals surface area (Å²) in [5.41, 5.74) is -0.423. The van der Waals surface area contributed by atoms with E-state index in [4.69, 9.17) is 9.52 Å². The molecule has 0 saturated heterocycles. The molecule has 3 nitrogen and oxygen atoms in total. The van der Waals surface area contributed by atoms with E-state index in [1.165, 1.54) is 12.1 Å². The van der Waals surface area contributed by atoms with E-state index < -0.39 is 16.3 Å². The van der Waals surface area contributed by atoms with Gasteiger partial charge < -0.3 is 9.52 Å². The van der Waals surface area contributed by atoms with Crippen LogP contribution in [0, 0.1) is 5.82 Å². The van der Waals surface area contributed by atoms with Crippen LogP contribution >= 0.6 is 12.2 Å². The molecular weight excluding hydrogens is 219 g/mol. The van der Waals surface area contributed by atoms with Crippen molar-refractivity contribution in [3.05, 3.63) is 46.1 Å². The van der Waals surface area contributed by atoms with E-state index in [1.54, 1.807) is 0 Å². The van der Waals surface area contributed by atoms with Gasteiger partial charge in [0.15, 0.2) is 5.05 Å². The van der Waals surface area contributed by atoms with Gasteiger partial charge in [-0.2, -0.15) is 0 Å². The Morgan fingerprint density at radius 3 is 2.87 bits per heavy atom. The second kappa shape index (κ2) is 3.43. The van der Waals surface area contributed by atoms with Gasteiger partial charge in [0, 0.05) is 0 Å². The van der Waals surface area contributed by atoms with Gasteiger partial charge in [-0.3, -0.25) is 4.79 Å². The van der Waals surface area contributed by atoms with Crippen molar-refractivity contribution in [2.45, 2.75) is 0 Å².